The number of nitrogens with zero attached hydrogens (tertiary/aromatic N) is 2. The van der Waals surface area contributed by atoms with Crippen LogP contribution in [-0.2, 0) is 17.7 Å². The summed E-state index contributed by atoms with van der Waals surface area (Å²) in [6, 6.07) is 16.1. The minimum atomic E-state index is -1.02. The van der Waals surface area contributed by atoms with E-state index in [4.69, 9.17) is 4.84 Å². The Kier molecular flexibility index (Phi) is 5.61. The maximum atomic E-state index is 12.8. The molecule has 1 aliphatic rings. The molecule has 7 nitrogen and oxygen atoms in total. The molecule has 0 aliphatic carbocycles. The van der Waals surface area contributed by atoms with Crippen molar-refractivity contribution in [2.75, 3.05) is 19.1 Å². The van der Waals surface area contributed by atoms with Gasteiger partial charge in [0, 0.05) is 12.7 Å². The standard InChI is InChI=1S/C20H23N3O4/c1-22(20(25)26)17-13-15-10-6-7-11-16(15)23(19(24)21-27-2)18(17)12-14-8-4-3-5-9-14/h3-11,17-18H,12-13H2,1-2H3,(H,21,24)(H,25,26)/t17-,18+/m0/s1. The van der Waals surface area contributed by atoms with Gasteiger partial charge in [0.25, 0.3) is 0 Å². The molecular formula is C20H23N3O4. The van der Waals surface area contributed by atoms with Crippen molar-refractivity contribution < 1.29 is 19.5 Å². The second-order valence-corrected chi connectivity index (χ2v) is 6.53. The molecule has 2 atom stereocenters. The predicted octanol–water partition coefficient (Wildman–Crippen LogP) is 2.91. The van der Waals surface area contributed by atoms with Crippen LogP contribution < -0.4 is 10.4 Å². The maximum absolute atomic E-state index is 12.8. The number of hydroxylamine groups is 1. The molecule has 1 heterocycles. The third-order valence-electron chi connectivity index (χ3n) is 4.95. The molecule has 0 fully saturated rings. The zero-order valence-corrected chi connectivity index (χ0v) is 15.3. The van der Waals surface area contributed by atoms with Crippen LogP contribution in [0.4, 0.5) is 15.3 Å². The largest absolute Gasteiger partial charge is 0.465 e. The van der Waals surface area contributed by atoms with Crippen LogP contribution in [-0.4, -0.2) is 48.4 Å². The van der Waals surface area contributed by atoms with Gasteiger partial charge in [-0.3, -0.25) is 9.74 Å². The van der Waals surface area contributed by atoms with Crippen LogP contribution in [0.5, 0.6) is 0 Å². The Morgan fingerprint density at radius 1 is 1.19 bits per heavy atom. The third kappa shape index (κ3) is 3.88. The van der Waals surface area contributed by atoms with Gasteiger partial charge in [0.2, 0.25) is 0 Å². The smallest absolute Gasteiger partial charge is 0.407 e. The van der Waals surface area contributed by atoms with Crippen molar-refractivity contribution in [2.45, 2.75) is 24.9 Å². The van der Waals surface area contributed by atoms with E-state index in [2.05, 4.69) is 5.48 Å². The number of hydrogen-bond donors (Lipinski definition) is 2. The summed E-state index contributed by atoms with van der Waals surface area (Å²) in [5.41, 5.74) is 5.10. The molecule has 2 aromatic rings. The van der Waals surface area contributed by atoms with Crippen molar-refractivity contribution in [1.82, 2.24) is 10.4 Å². The van der Waals surface area contributed by atoms with Crippen LogP contribution in [0, 0.1) is 0 Å². The summed E-state index contributed by atoms with van der Waals surface area (Å²) in [6.45, 7) is 0. The average Bonchev–Trinajstić information content (AvgIpc) is 2.67. The van der Waals surface area contributed by atoms with Gasteiger partial charge >= 0.3 is 12.1 Å². The van der Waals surface area contributed by atoms with E-state index < -0.39 is 12.1 Å². The zero-order valence-electron chi connectivity index (χ0n) is 15.3. The number of anilines is 1. The van der Waals surface area contributed by atoms with E-state index in [0.717, 1.165) is 16.8 Å². The van der Waals surface area contributed by atoms with E-state index in [1.54, 1.807) is 11.9 Å². The predicted molar refractivity (Wildman–Crippen MR) is 102 cm³/mol. The number of amides is 3. The summed E-state index contributed by atoms with van der Waals surface area (Å²) in [4.78, 5) is 32.3. The second kappa shape index (κ2) is 8.09. The molecule has 27 heavy (non-hydrogen) atoms. The monoisotopic (exact) mass is 369 g/mol. The molecule has 0 saturated heterocycles. The van der Waals surface area contributed by atoms with Crippen LogP contribution in [0.25, 0.3) is 0 Å². The van der Waals surface area contributed by atoms with Crippen molar-refractivity contribution in [3.05, 3.63) is 65.7 Å². The molecule has 0 saturated carbocycles. The first-order valence-electron chi connectivity index (χ1n) is 8.72. The Hall–Kier alpha value is -3.06. The van der Waals surface area contributed by atoms with E-state index >= 15 is 0 Å². The second-order valence-electron chi connectivity index (χ2n) is 6.53. The Morgan fingerprint density at radius 2 is 1.85 bits per heavy atom. The highest BCUT2D eigenvalue weighted by molar-refractivity contribution is 5.94. The Labute approximate surface area is 158 Å². The van der Waals surface area contributed by atoms with Crippen molar-refractivity contribution in [2.24, 2.45) is 0 Å². The molecule has 3 amide bonds. The SMILES string of the molecule is CONC(=O)N1c2ccccc2C[C@H](N(C)C(=O)O)[C@H]1Cc1ccccc1. The minimum Gasteiger partial charge on any atom is -0.465 e. The number of likely N-dealkylation sites (N-methyl/N-ethyl adjacent to an activating group) is 1. The fourth-order valence-corrected chi connectivity index (χ4v) is 3.65. The summed E-state index contributed by atoms with van der Waals surface area (Å²) < 4.78 is 0. The lowest BCUT2D eigenvalue weighted by molar-refractivity contribution is 0.104. The number of fused-ring (bicyclic) bond motifs is 1. The molecule has 0 spiro atoms. The van der Waals surface area contributed by atoms with Crippen LogP contribution >= 0.6 is 0 Å². The van der Waals surface area contributed by atoms with Gasteiger partial charge in [0.1, 0.15) is 0 Å². The van der Waals surface area contributed by atoms with Crippen LogP contribution in [0.1, 0.15) is 11.1 Å². The molecule has 142 valence electrons. The lowest BCUT2D eigenvalue weighted by Gasteiger charge is -2.44. The van der Waals surface area contributed by atoms with E-state index in [0.29, 0.717) is 12.8 Å². The Balaban J connectivity index is 2.07. The van der Waals surface area contributed by atoms with Gasteiger partial charge in [-0.1, -0.05) is 48.5 Å². The summed E-state index contributed by atoms with van der Waals surface area (Å²) >= 11 is 0. The number of nitrogens with one attached hydrogen (secondary N) is 1. The number of hydrogen-bond acceptors (Lipinski definition) is 3. The van der Waals surface area contributed by atoms with Gasteiger partial charge in [0.15, 0.2) is 0 Å². The molecule has 0 radical (unpaired) electrons. The quantitative estimate of drug-likeness (QED) is 0.812. The van der Waals surface area contributed by atoms with E-state index in [1.807, 2.05) is 54.6 Å². The first-order valence-corrected chi connectivity index (χ1v) is 8.72. The number of carboxylic acid groups (broad SMARTS) is 1. The highest BCUT2D eigenvalue weighted by atomic mass is 16.6. The molecular weight excluding hydrogens is 346 g/mol. The van der Waals surface area contributed by atoms with E-state index in [1.165, 1.54) is 12.0 Å². The lowest BCUT2D eigenvalue weighted by Crippen LogP contribution is -2.60. The summed E-state index contributed by atoms with van der Waals surface area (Å²) in [6.07, 6.45) is 0.0338. The normalized spacial score (nSPS) is 18.5. The number of benzene rings is 2. The summed E-state index contributed by atoms with van der Waals surface area (Å²) in [5.74, 6) is 0. The van der Waals surface area contributed by atoms with Gasteiger partial charge < -0.3 is 10.0 Å². The first-order chi connectivity index (χ1) is 13.0. The molecule has 2 aromatic carbocycles. The molecule has 0 unspecified atom stereocenters. The Bertz CT molecular complexity index is 812. The first kappa shape index (κ1) is 18.7. The number of carbonyl (C=O) groups excluding carboxylic acids is 1. The van der Waals surface area contributed by atoms with Gasteiger partial charge in [-0.05, 0) is 30.0 Å². The molecule has 7 heteroatoms. The average molecular weight is 369 g/mol. The van der Waals surface area contributed by atoms with Crippen molar-refractivity contribution in [1.29, 1.82) is 0 Å². The molecule has 3 rings (SSSR count). The third-order valence-corrected chi connectivity index (χ3v) is 4.95. The summed E-state index contributed by atoms with van der Waals surface area (Å²) in [7, 11) is 2.92. The van der Waals surface area contributed by atoms with E-state index in [-0.39, 0.29) is 12.1 Å². The number of para-hydroxylation sites is 1. The van der Waals surface area contributed by atoms with Crippen molar-refractivity contribution >= 4 is 17.8 Å². The van der Waals surface area contributed by atoms with Crippen LogP contribution in [0.15, 0.2) is 54.6 Å². The van der Waals surface area contributed by atoms with Gasteiger partial charge in [-0.2, -0.15) is 0 Å². The molecule has 2 N–H and O–H groups in total. The zero-order chi connectivity index (χ0) is 19.4. The highest BCUT2D eigenvalue weighted by Gasteiger charge is 2.41. The number of urea groups is 1. The van der Waals surface area contributed by atoms with Gasteiger partial charge in [-0.25, -0.2) is 15.1 Å². The van der Waals surface area contributed by atoms with E-state index in [9.17, 15) is 14.7 Å². The topological polar surface area (TPSA) is 82.1 Å². The van der Waals surface area contributed by atoms with Gasteiger partial charge in [0.05, 0.1) is 19.2 Å². The number of rotatable bonds is 4. The van der Waals surface area contributed by atoms with Crippen molar-refractivity contribution in [3.63, 3.8) is 0 Å². The van der Waals surface area contributed by atoms with Crippen LogP contribution in [0.3, 0.4) is 0 Å². The minimum absolute atomic E-state index is 0.376. The maximum Gasteiger partial charge on any atom is 0.407 e. The molecule has 0 bridgehead atoms. The fraction of sp³-hybridized carbons (Fsp3) is 0.300. The lowest BCUT2D eigenvalue weighted by atomic mass is 9.87. The molecule has 0 aromatic heterocycles. The molecule has 1 aliphatic heterocycles. The number of carbonyl (C=O) groups is 2. The fourth-order valence-electron chi connectivity index (χ4n) is 3.65. The van der Waals surface area contributed by atoms with Crippen molar-refractivity contribution in [3.8, 4) is 0 Å². The summed E-state index contributed by atoms with van der Waals surface area (Å²) in [5, 5.41) is 9.58. The van der Waals surface area contributed by atoms with Crippen LogP contribution in [0.2, 0.25) is 0 Å². The highest BCUT2D eigenvalue weighted by Crippen LogP contribution is 2.34. The Morgan fingerprint density at radius 3 is 2.52 bits per heavy atom. The van der Waals surface area contributed by atoms with Gasteiger partial charge in [-0.15, -0.1) is 0 Å².